The van der Waals surface area contributed by atoms with E-state index < -0.39 is 5.92 Å². The van der Waals surface area contributed by atoms with Crippen molar-refractivity contribution >= 4 is 11.8 Å². The van der Waals surface area contributed by atoms with Crippen molar-refractivity contribution in [2.45, 2.75) is 72.4 Å². The first-order valence-corrected chi connectivity index (χ1v) is 11.9. The molecule has 1 atom stereocenters. The zero-order chi connectivity index (χ0) is 23.7. The third-order valence-electron chi connectivity index (χ3n) is 5.63. The van der Waals surface area contributed by atoms with E-state index in [1.807, 2.05) is 98.2 Å². The Kier molecular flexibility index (Phi) is 9.96. The summed E-state index contributed by atoms with van der Waals surface area (Å²) in [6, 6.07) is 19.5. The first-order chi connectivity index (χ1) is 15.3. The lowest BCUT2D eigenvalue weighted by atomic mass is 9.79. The molecule has 1 radical (unpaired) electrons. The van der Waals surface area contributed by atoms with Gasteiger partial charge in [0.05, 0.1) is 5.92 Å². The van der Waals surface area contributed by atoms with Crippen LogP contribution in [0.4, 0.5) is 0 Å². The third kappa shape index (κ3) is 6.21. The van der Waals surface area contributed by atoms with E-state index in [0.717, 1.165) is 24.0 Å². The second-order valence-corrected chi connectivity index (χ2v) is 8.85. The number of rotatable bonds is 11. The molecule has 2 amide bonds. The Morgan fingerprint density at radius 3 is 1.66 bits per heavy atom. The van der Waals surface area contributed by atoms with Crippen LogP contribution in [0.2, 0.25) is 0 Å². The molecule has 0 saturated heterocycles. The Bertz CT molecular complexity index is 819. The van der Waals surface area contributed by atoms with Crippen LogP contribution in [0.5, 0.6) is 0 Å². The molecule has 4 heteroatoms. The fourth-order valence-corrected chi connectivity index (χ4v) is 4.39. The predicted molar refractivity (Wildman–Crippen MR) is 132 cm³/mol. The van der Waals surface area contributed by atoms with Crippen molar-refractivity contribution in [3.05, 3.63) is 77.7 Å². The van der Waals surface area contributed by atoms with Gasteiger partial charge in [-0.15, -0.1) is 0 Å². The Morgan fingerprint density at radius 2 is 1.22 bits per heavy atom. The number of hydrogen-bond donors (Lipinski definition) is 0. The normalized spacial score (nSPS) is 12.3. The highest BCUT2D eigenvalue weighted by Crippen LogP contribution is 2.36. The van der Waals surface area contributed by atoms with Gasteiger partial charge in [-0.2, -0.15) is 0 Å². The molecular formula is C28H39N2O2. The Hall–Kier alpha value is -2.62. The van der Waals surface area contributed by atoms with Crippen molar-refractivity contribution in [2.75, 3.05) is 13.1 Å². The molecule has 2 aromatic rings. The molecule has 0 aliphatic rings. The van der Waals surface area contributed by atoms with Crippen LogP contribution in [-0.2, 0) is 9.59 Å². The minimum Gasteiger partial charge on any atom is -0.342 e. The second-order valence-electron chi connectivity index (χ2n) is 8.85. The first kappa shape index (κ1) is 25.6. The molecule has 2 aromatic carbocycles. The van der Waals surface area contributed by atoms with Gasteiger partial charge in [-0.1, -0.05) is 74.5 Å². The van der Waals surface area contributed by atoms with Crippen molar-refractivity contribution in [1.82, 2.24) is 9.80 Å². The van der Waals surface area contributed by atoms with Gasteiger partial charge in [-0.05, 0) is 51.7 Å². The van der Waals surface area contributed by atoms with Crippen molar-refractivity contribution in [3.8, 4) is 0 Å². The molecule has 0 aliphatic carbocycles. The van der Waals surface area contributed by atoms with Gasteiger partial charge in [0.1, 0.15) is 5.92 Å². The van der Waals surface area contributed by atoms with E-state index in [0.29, 0.717) is 19.0 Å². The summed E-state index contributed by atoms with van der Waals surface area (Å²) in [7, 11) is 0. The van der Waals surface area contributed by atoms with Crippen LogP contribution in [0.1, 0.15) is 71.4 Å². The van der Waals surface area contributed by atoms with E-state index in [4.69, 9.17) is 0 Å². The Labute approximate surface area is 194 Å². The van der Waals surface area contributed by atoms with Gasteiger partial charge in [-0.25, -0.2) is 0 Å². The van der Waals surface area contributed by atoms with Crippen LogP contribution in [0, 0.1) is 5.92 Å². The fraction of sp³-hybridized carbons (Fsp3) is 0.464. The molecule has 2 rings (SSSR count). The molecular weight excluding hydrogens is 396 g/mol. The van der Waals surface area contributed by atoms with Gasteiger partial charge in [0.2, 0.25) is 11.8 Å². The fourth-order valence-electron chi connectivity index (χ4n) is 4.39. The summed E-state index contributed by atoms with van der Waals surface area (Å²) >= 11 is 0. The monoisotopic (exact) mass is 435 g/mol. The smallest absolute Gasteiger partial charge is 0.235 e. The Balaban J connectivity index is 2.69. The van der Waals surface area contributed by atoms with Crippen LogP contribution in [0.25, 0.3) is 0 Å². The van der Waals surface area contributed by atoms with Crippen molar-refractivity contribution in [2.24, 2.45) is 0 Å². The number of nitrogens with zero attached hydrogens (tertiary/aromatic N) is 2. The number of carbonyl (C=O) groups excluding carboxylic acids is 2. The molecule has 173 valence electrons. The van der Waals surface area contributed by atoms with Crippen LogP contribution in [0.15, 0.2) is 60.7 Å². The van der Waals surface area contributed by atoms with Crippen molar-refractivity contribution in [3.63, 3.8) is 0 Å². The summed E-state index contributed by atoms with van der Waals surface area (Å²) in [6.07, 6.45) is 1.75. The molecule has 0 spiro atoms. The number of benzene rings is 2. The van der Waals surface area contributed by atoms with Gasteiger partial charge < -0.3 is 9.80 Å². The molecule has 4 nitrogen and oxygen atoms in total. The van der Waals surface area contributed by atoms with Gasteiger partial charge in [0.15, 0.2) is 0 Å². The number of carbonyl (C=O) groups is 2. The molecule has 0 N–H and O–H groups in total. The lowest BCUT2D eigenvalue weighted by molar-refractivity contribution is -0.139. The zero-order valence-corrected chi connectivity index (χ0v) is 20.5. The lowest BCUT2D eigenvalue weighted by Crippen LogP contribution is -2.48. The standard InChI is InChI=1S/C28H39N2O2/c1-7-19-29(20-8-2)27(31)25(23-15-11-9-12-16-23)26(24-17-13-10-14-18-24)28(32)30(21(3)4)22(5)6/h9-18,21-22,26H,7-8,19-20H2,1-6H3. The zero-order valence-electron chi connectivity index (χ0n) is 20.5. The maximum atomic E-state index is 14.1. The topological polar surface area (TPSA) is 40.6 Å². The molecule has 0 fully saturated rings. The SMILES string of the molecule is CCCN(CCC)C(=O)[C](c1ccccc1)C(C(=O)N(C(C)C)C(C)C)c1ccccc1. The van der Waals surface area contributed by atoms with Gasteiger partial charge in [0, 0.05) is 25.2 Å². The van der Waals surface area contributed by atoms with E-state index in [2.05, 4.69) is 13.8 Å². The average Bonchev–Trinajstić information content (AvgIpc) is 2.77. The van der Waals surface area contributed by atoms with E-state index in [1.165, 1.54) is 0 Å². The minimum atomic E-state index is -0.660. The highest BCUT2D eigenvalue weighted by Gasteiger charge is 2.41. The van der Waals surface area contributed by atoms with E-state index in [-0.39, 0.29) is 23.9 Å². The molecule has 32 heavy (non-hydrogen) atoms. The van der Waals surface area contributed by atoms with E-state index in [1.54, 1.807) is 0 Å². The highest BCUT2D eigenvalue weighted by molar-refractivity contribution is 6.03. The minimum absolute atomic E-state index is 0.0265. The largest absolute Gasteiger partial charge is 0.342 e. The summed E-state index contributed by atoms with van der Waals surface area (Å²) < 4.78 is 0. The number of hydrogen-bond acceptors (Lipinski definition) is 2. The van der Waals surface area contributed by atoms with Crippen LogP contribution in [-0.4, -0.2) is 46.8 Å². The van der Waals surface area contributed by atoms with Gasteiger partial charge >= 0.3 is 0 Å². The van der Waals surface area contributed by atoms with Crippen LogP contribution < -0.4 is 0 Å². The summed E-state index contributed by atoms with van der Waals surface area (Å²) in [5.41, 5.74) is 1.66. The summed E-state index contributed by atoms with van der Waals surface area (Å²) in [5.74, 6) is -0.168. The van der Waals surface area contributed by atoms with E-state index >= 15 is 0 Å². The quantitative estimate of drug-likeness (QED) is 0.455. The molecule has 0 bridgehead atoms. The maximum absolute atomic E-state index is 14.1. The molecule has 0 heterocycles. The van der Waals surface area contributed by atoms with Gasteiger partial charge in [0.25, 0.3) is 0 Å². The molecule has 0 saturated carbocycles. The Morgan fingerprint density at radius 1 is 0.750 bits per heavy atom. The molecule has 0 aliphatic heterocycles. The third-order valence-corrected chi connectivity index (χ3v) is 5.63. The molecule has 1 unspecified atom stereocenters. The summed E-state index contributed by atoms with van der Waals surface area (Å²) in [5, 5.41) is 0. The van der Waals surface area contributed by atoms with Crippen LogP contribution >= 0.6 is 0 Å². The van der Waals surface area contributed by atoms with E-state index in [9.17, 15) is 9.59 Å². The summed E-state index contributed by atoms with van der Waals surface area (Å²) in [6.45, 7) is 13.6. The van der Waals surface area contributed by atoms with Crippen molar-refractivity contribution < 1.29 is 9.59 Å². The highest BCUT2D eigenvalue weighted by atomic mass is 16.2. The molecule has 0 aromatic heterocycles. The average molecular weight is 436 g/mol. The predicted octanol–water partition coefficient (Wildman–Crippen LogP) is 5.69. The number of amides is 2. The first-order valence-electron chi connectivity index (χ1n) is 11.9. The summed E-state index contributed by atoms with van der Waals surface area (Å²) in [4.78, 5) is 31.9. The maximum Gasteiger partial charge on any atom is 0.235 e. The van der Waals surface area contributed by atoms with Crippen molar-refractivity contribution in [1.29, 1.82) is 0 Å². The van der Waals surface area contributed by atoms with Gasteiger partial charge in [-0.3, -0.25) is 9.59 Å². The lowest BCUT2D eigenvalue weighted by Gasteiger charge is -2.37. The van der Waals surface area contributed by atoms with Crippen LogP contribution in [0.3, 0.4) is 0 Å². The second kappa shape index (κ2) is 12.4.